The van der Waals surface area contributed by atoms with Gasteiger partial charge in [0.1, 0.15) is 0 Å². The summed E-state index contributed by atoms with van der Waals surface area (Å²) in [4.78, 5) is 38.9. The van der Waals surface area contributed by atoms with E-state index in [1.807, 2.05) is 4.90 Å². The number of nitrogens with zero attached hydrogens (tertiary/aromatic N) is 5. The summed E-state index contributed by atoms with van der Waals surface area (Å²) in [6.45, 7) is 2.83. The number of nitrogens with one attached hydrogen (secondary N) is 1. The van der Waals surface area contributed by atoms with Crippen molar-refractivity contribution in [3.05, 3.63) is 87.7 Å². The number of hydrogen-bond donors (Lipinski definition) is 1. The second-order valence-electron chi connectivity index (χ2n) is 10.4. The first-order valence-electron chi connectivity index (χ1n) is 13.7. The highest BCUT2D eigenvalue weighted by molar-refractivity contribution is 6.30. The van der Waals surface area contributed by atoms with Crippen LogP contribution in [0.3, 0.4) is 0 Å². The van der Waals surface area contributed by atoms with Gasteiger partial charge in [-0.1, -0.05) is 17.7 Å². The third-order valence-electron chi connectivity index (χ3n) is 7.68. The molecule has 2 aliphatic heterocycles. The van der Waals surface area contributed by atoms with Crippen molar-refractivity contribution in [2.24, 2.45) is 0 Å². The number of piperazine rings is 1. The molecule has 2 fully saturated rings. The van der Waals surface area contributed by atoms with Crippen molar-refractivity contribution in [2.45, 2.75) is 31.6 Å². The predicted molar refractivity (Wildman–Crippen MR) is 149 cm³/mol. The molecule has 3 heterocycles. The fraction of sp³-hybridized carbons (Fsp3) is 0.379. The minimum Gasteiger partial charge on any atom is -0.348 e. The third kappa shape index (κ3) is 7.21. The van der Waals surface area contributed by atoms with E-state index in [9.17, 15) is 31.5 Å². The summed E-state index contributed by atoms with van der Waals surface area (Å²) in [5.74, 6) is -3.47. The van der Waals surface area contributed by atoms with E-state index in [0.717, 1.165) is 31.2 Å². The number of anilines is 1. The zero-order valence-corrected chi connectivity index (χ0v) is 23.6. The van der Waals surface area contributed by atoms with Gasteiger partial charge in [0.25, 0.3) is 11.8 Å². The lowest BCUT2D eigenvalue weighted by Gasteiger charge is -2.42. The van der Waals surface area contributed by atoms with Crippen molar-refractivity contribution >= 4 is 29.4 Å². The van der Waals surface area contributed by atoms with E-state index < -0.39 is 35.0 Å². The molecule has 43 heavy (non-hydrogen) atoms. The average Bonchev–Trinajstić information content (AvgIpc) is 3.01. The Labute approximate surface area is 249 Å². The lowest BCUT2D eigenvalue weighted by atomic mass is 10.0. The molecule has 0 saturated carbocycles. The number of carbonyl (C=O) groups is 2. The van der Waals surface area contributed by atoms with Crippen LogP contribution in [0.5, 0.6) is 0 Å². The van der Waals surface area contributed by atoms with E-state index in [2.05, 4.69) is 20.2 Å². The minimum absolute atomic E-state index is 0.0426. The van der Waals surface area contributed by atoms with Gasteiger partial charge in [0.15, 0.2) is 17.3 Å². The van der Waals surface area contributed by atoms with Crippen LogP contribution >= 0.6 is 11.6 Å². The average molecular weight is 623 g/mol. The first-order valence-corrected chi connectivity index (χ1v) is 14.1. The van der Waals surface area contributed by atoms with Crippen LogP contribution < -0.4 is 10.2 Å². The molecular formula is C29H28ClF5N6O2. The standard InChI is InChI=1S/C29H28ClF5N6O2/c30-20-4-2-19(3-5-20)27(43)40-9-7-21(8-10-40)39-11-13-41(14-12-39)28-37-17-22(25(38-28)29(33,34)35)26(42)36-16-18-1-6-23(31)24(32)15-18/h1-6,15,17,21H,7-14,16H2,(H,36,42). The molecule has 1 aromatic heterocycles. The van der Waals surface area contributed by atoms with Crippen molar-refractivity contribution < 1.29 is 31.5 Å². The predicted octanol–water partition coefficient (Wildman–Crippen LogP) is 4.78. The Morgan fingerprint density at radius 1 is 0.930 bits per heavy atom. The van der Waals surface area contributed by atoms with Crippen LogP contribution in [0.1, 0.15) is 44.8 Å². The van der Waals surface area contributed by atoms with Gasteiger partial charge in [-0.3, -0.25) is 14.5 Å². The lowest BCUT2D eigenvalue weighted by Crippen LogP contribution is -2.54. The molecule has 0 spiro atoms. The Balaban J connectivity index is 1.17. The van der Waals surface area contributed by atoms with Crippen LogP contribution in [0.2, 0.25) is 5.02 Å². The highest BCUT2D eigenvalue weighted by Gasteiger charge is 2.39. The summed E-state index contributed by atoms with van der Waals surface area (Å²) in [5.41, 5.74) is -1.38. The van der Waals surface area contributed by atoms with Gasteiger partial charge in [-0.25, -0.2) is 18.7 Å². The Hall–Kier alpha value is -3.84. The Morgan fingerprint density at radius 3 is 2.23 bits per heavy atom. The van der Waals surface area contributed by atoms with Crippen LogP contribution in [0.15, 0.2) is 48.7 Å². The van der Waals surface area contributed by atoms with Crippen LogP contribution in [0.25, 0.3) is 0 Å². The van der Waals surface area contributed by atoms with E-state index >= 15 is 0 Å². The molecule has 2 aliphatic rings. The molecule has 2 saturated heterocycles. The number of benzene rings is 2. The smallest absolute Gasteiger partial charge is 0.348 e. The van der Waals surface area contributed by atoms with Gasteiger partial charge in [0.2, 0.25) is 5.95 Å². The zero-order valence-electron chi connectivity index (χ0n) is 22.9. The monoisotopic (exact) mass is 622 g/mol. The van der Waals surface area contributed by atoms with E-state index in [4.69, 9.17) is 11.6 Å². The minimum atomic E-state index is -4.93. The molecule has 2 amide bonds. The molecule has 1 N–H and O–H groups in total. The molecule has 3 aromatic rings. The fourth-order valence-corrected chi connectivity index (χ4v) is 5.46. The maximum absolute atomic E-state index is 13.9. The van der Waals surface area contributed by atoms with E-state index in [1.54, 1.807) is 29.2 Å². The number of rotatable bonds is 6. The maximum atomic E-state index is 13.9. The normalized spacial score (nSPS) is 16.8. The first-order chi connectivity index (χ1) is 20.5. The van der Waals surface area contributed by atoms with Crippen molar-refractivity contribution in [3.8, 4) is 0 Å². The Bertz CT molecular complexity index is 1470. The highest BCUT2D eigenvalue weighted by atomic mass is 35.5. The summed E-state index contributed by atoms with van der Waals surface area (Å²) in [6.07, 6.45) is -2.53. The topological polar surface area (TPSA) is 81.7 Å². The second-order valence-corrected chi connectivity index (χ2v) is 10.9. The number of carbonyl (C=O) groups excluding carboxylic acids is 2. The van der Waals surface area contributed by atoms with E-state index in [0.29, 0.717) is 49.9 Å². The van der Waals surface area contributed by atoms with Crippen LogP contribution in [-0.2, 0) is 12.7 Å². The van der Waals surface area contributed by atoms with Gasteiger partial charge in [0.05, 0.1) is 5.56 Å². The van der Waals surface area contributed by atoms with Crippen LogP contribution in [0, 0.1) is 11.6 Å². The molecule has 2 aromatic carbocycles. The molecule has 228 valence electrons. The highest BCUT2D eigenvalue weighted by Crippen LogP contribution is 2.32. The van der Waals surface area contributed by atoms with Crippen molar-refractivity contribution in [1.29, 1.82) is 0 Å². The second kappa shape index (κ2) is 12.8. The SMILES string of the molecule is O=C(NCc1ccc(F)c(F)c1)c1cnc(N2CCN(C3CCN(C(=O)c4ccc(Cl)cc4)CC3)CC2)nc1C(F)(F)F. The van der Waals surface area contributed by atoms with Gasteiger partial charge >= 0.3 is 6.18 Å². The summed E-state index contributed by atoms with van der Waals surface area (Å²) in [6, 6.07) is 9.95. The molecule has 14 heteroatoms. The molecule has 0 atom stereocenters. The molecule has 0 radical (unpaired) electrons. The van der Waals surface area contributed by atoms with Crippen LogP contribution in [-0.4, -0.2) is 76.9 Å². The van der Waals surface area contributed by atoms with Gasteiger partial charge in [-0.05, 0) is 54.8 Å². The van der Waals surface area contributed by atoms with Gasteiger partial charge in [-0.15, -0.1) is 0 Å². The Kier molecular flexibility index (Phi) is 9.11. The number of alkyl halides is 3. The molecule has 8 nitrogen and oxygen atoms in total. The van der Waals surface area contributed by atoms with Crippen molar-refractivity contribution in [1.82, 2.24) is 25.1 Å². The molecule has 0 aliphatic carbocycles. The lowest BCUT2D eigenvalue weighted by molar-refractivity contribution is -0.141. The quantitative estimate of drug-likeness (QED) is 0.399. The molecule has 5 rings (SSSR count). The van der Waals surface area contributed by atoms with Gasteiger partial charge < -0.3 is 15.1 Å². The number of hydrogen-bond acceptors (Lipinski definition) is 6. The largest absolute Gasteiger partial charge is 0.434 e. The van der Waals surface area contributed by atoms with Gasteiger partial charge in [-0.2, -0.15) is 13.2 Å². The molecule has 0 bridgehead atoms. The number of aromatic nitrogens is 2. The number of amides is 2. The molecular weight excluding hydrogens is 595 g/mol. The van der Waals surface area contributed by atoms with Crippen molar-refractivity contribution in [3.63, 3.8) is 0 Å². The van der Waals surface area contributed by atoms with Gasteiger partial charge in [0, 0.05) is 68.6 Å². The van der Waals surface area contributed by atoms with E-state index in [1.165, 1.54) is 6.07 Å². The fourth-order valence-electron chi connectivity index (χ4n) is 5.33. The Morgan fingerprint density at radius 2 is 1.60 bits per heavy atom. The van der Waals surface area contributed by atoms with E-state index in [-0.39, 0.29) is 30.0 Å². The number of likely N-dealkylation sites (tertiary alicyclic amines) is 1. The summed E-state index contributed by atoms with van der Waals surface area (Å²) in [7, 11) is 0. The first kappa shape index (κ1) is 30.6. The zero-order chi connectivity index (χ0) is 30.7. The van der Waals surface area contributed by atoms with Crippen LogP contribution in [0.4, 0.5) is 27.9 Å². The third-order valence-corrected chi connectivity index (χ3v) is 7.93. The maximum Gasteiger partial charge on any atom is 0.434 e. The molecule has 0 unspecified atom stereocenters. The van der Waals surface area contributed by atoms with Crippen molar-refractivity contribution in [2.75, 3.05) is 44.2 Å². The summed E-state index contributed by atoms with van der Waals surface area (Å²) in [5, 5.41) is 2.84. The summed E-state index contributed by atoms with van der Waals surface area (Å²) >= 11 is 5.92. The number of piperidine rings is 1. The summed E-state index contributed by atoms with van der Waals surface area (Å²) < 4.78 is 68.3. The number of halogens is 6.